The third kappa shape index (κ3) is 2.76. The second-order valence-corrected chi connectivity index (χ2v) is 4.21. The topological polar surface area (TPSA) is 58.9 Å². The summed E-state index contributed by atoms with van der Waals surface area (Å²) in [6, 6.07) is 0. The van der Waals surface area contributed by atoms with Gasteiger partial charge in [0.2, 0.25) is 5.95 Å². The number of nitrogens with one attached hydrogen (secondary N) is 1. The predicted molar refractivity (Wildman–Crippen MR) is 72.6 cm³/mol. The van der Waals surface area contributed by atoms with Gasteiger partial charge in [-0.1, -0.05) is 13.8 Å². The molecule has 0 fully saturated rings. The largest absolute Gasteiger partial charge is 0.353 e. The molecular formula is C12H20N6. The SMILES string of the molecule is CCN(CC)CCNc1ncc2ncn(C)c2n1. The number of aryl methyl sites for hydroxylation is 1. The lowest BCUT2D eigenvalue weighted by atomic mass is 10.4. The highest BCUT2D eigenvalue weighted by molar-refractivity contribution is 5.70. The van der Waals surface area contributed by atoms with E-state index in [2.05, 4.69) is 39.0 Å². The molecule has 98 valence electrons. The summed E-state index contributed by atoms with van der Waals surface area (Å²) in [6.45, 7) is 8.33. The van der Waals surface area contributed by atoms with Gasteiger partial charge in [-0.25, -0.2) is 9.97 Å². The highest BCUT2D eigenvalue weighted by Crippen LogP contribution is 2.09. The van der Waals surface area contributed by atoms with Gasteiger partial charge in [-0.15, -0.1) is 0 Å². The molecule has 0 unspecified atom stereocenters. The normalized spacial score (nSPS) is 11.3. The average molecular weight is 248 g/mol. The molecule has 0 bridgehead atoms. The zero-order valence-electron chi connectivity index (χ0n) is 11.2. The summed E-state index contributed by atoms with van der Waals surface area (Å²) in [6.07, 6.45) is 3.50. The molecule has 0 aromatic carbocycles. The van der Waals surface area contributed by atoms with Crippen LogP contribution in [0.3, 0.4) is 0 Å². The molecular weight excluding hydrogens is 228 g/mol. The summed E-state index contributed by atoms with van der Waals surface area (Å²) in [7, 11) is 1.93. The second-order valence-electron chi connectivity index (χ2n) is 4.21. The molecule has 0 amide bonds. The quantitative estimate of drug-likeness (QED) is 0.830. The number of likely N-dealkylation sites (N-methyl/N-ethyl adjacent to an activating group) is 1. The van der Waals surface area contributed by atoms with Gasteiger partial charge in [0.15, 0.2) is 5.65 Å². The van der Waals surface area contributed by atoms with Crippen molar-refractivity contribution in [3.63, 3.8) is 0 Å². The molecule has 6 heteroatoms. The van der Waals surface area contributed by atoms with Gasteiger partial charge >= 0.3 is 0 Å². The van der Waals surface area contributed by atoms with E-state index >= 15 is 0 Å². The van der Waals surface area contributed by atoms with Crippen LogP contribution >= 0.6 is 0 Å². The number of aromatic nitrogens is 4. The molecule has 0 atom stereocenters. The third-order valence-electron chi connectivity index (χ3n) is 3.06. The lowest BCUT2D eigenvalue weighted by molar-refractivity contribution is 0.316. The first-order chi connectivity index (χ1) is 8.74. The van der Waals surface area contributed by atoms with Crippen molar-refractivity contribution in [1.29, 1.82) is 0 Å². The lowest BCUT2D eigenvalue weighted by Gasteiger charge is -2.17. The number of fused-ring (bicyclic) bond motifs is 1. The molecule has 2 aromatic rings. The van der Waals surface area contributed by atoms with Crippen molar-refractivity contribution in [3.05, 3.63) is 12.5 Å². The highest BCUT2D eigenvalue weighted by Gasteiger charge is 2.04. The van der Waals surface area contributed by atoms with E-state index in [1.54, 1.807) is 12.5 Å². The number of imidazole rings is 1. The Morgan fingerprint density at radius 2 is 2.06 bits per heavy atom. The Hall–Kier alpha value is -1.69. The molecule has 0 saturated carbocycles. The van der Waals surface area contributed by atoms with Crippen LogP contribution in [0.5, 0.6) is 0 Å². The summed E-state index contributed by atoms with van der Waals surface area (Å²) < 4.78 is 1.90. The van der Waals surface area contributed by atoms with E-state index in [0.717, 1.165) is 37.3 Å². The van der Waals surface area contributed by atoms with Crippen LogP contribution in [0.15, 0.2) is 12.5 Å². The van der Waals surface area contributed by atoms with Crippen molar-refractivity contribution in [2.24, 2.45) is 7.05 Å². The monoisotopic (exact) mass is 248 g/mol. The van der Waals surface area contributed by atoms with Crippen LogP contribution in [-0.2, 0) is 7.05 Å². The standard InChI is InChI=1S/C12H20N6/c1-4-18(5-2)7-6-13-12-14-8-10-11(16-12)17(3)9-15-10/h8-9H,4-7H2,1-3H3,(H,13,14,16). The van der Waals surface area contributed by atoms with E-state index in [-0.39, 0.29) is 0 Å². The fourth-order valence-electron chi connectivity index (χ4n) is 1.87. The minimum atomic E-state index is 0.665. The molecule has 2 aromatic heterocycles. The molecule has 0 spiro atoms. The van der Waals surface area contributed by atoms with Crippen molar-refractivity contribution >= 4 is 17.1 Å². The van der Waals surface area contributed by atoms with Gasteiger partial charge < -0.3 is 14.8 Å². The smallest absolute Gasteiger partial charge is 0.224 e. The fourth-order valence-corrected chi connectivity index (χ4v) is 1.87. The Morgan fingerprint density at radius 1 is 1.28 bits per heavy atom. The van der Waals surface area contributed by atoms with Gasteiger partial charge in [-0.05, 0) is 13.1 Å². The Bertz CT molecular complexity index is 502. The van der Waals surface area contributed by atoms with Crippen molar-refractivity contribution < 1.29 is 0 Å². The number of rotatable bonds is 6. The molecule has 2 rings (SSSR count). The van der Waals surface area contributed by atoms with Crippen LogP contribution in [-0.4, -0.2) is 50.6 Å². The van der Waals surface area contributed by atoms with Gasteiger partial charge in [0, 0.05) is 20.1 Å². The van der Waals surface area contributed by atoms with Crippen molar-refractivity contribution in [3.8, 4) is 0 Å². The van der Waals surface area contributed by atoms with Gasteiger partial charge in [0.05, 0.1) is 12.5 Å². The number of hydrogen-bond acceptors (Lipinski definition) is 5. The third-order valence-corrected chi connectivity index (χ3v) is 3.06. The van der Waals surface area contributed by atoms with Crippen molar-refractivity contribution in [2.75, 3.05) is 31.5 Å². The summed E-state index contributed by atoms with van der Waals surface area (Å²) in [5.74, 6) is 0.665. The summed E-state index contributed by atoms with van der Waals surface area (Å²) in [5, 5.41) is 3.25. The maximum Gasteiger partial charge on any atom is 0.224 e. The molecule has 0 aliphatic heterocycles. The van der Waals surface area contributed by atoms with Gasteiger partial charge in [-0.2, -0.15) is 4.98 Å². The fraction of sp³-hybridized carbons (Fsp3) is 0.583. The van der Waals surface area contributed by atoms with Gasteiger partial charge in [0.25, 0.3) is 0 Å². The minimum absolute atomic E-state index is 0.665. The van der Waals surface area contributed by atoms with Crippen LogP contribution in [0.4, 0.5) is 5.95 Å². The van der Waals surface area contributed by atoms with Crippen LogP contribution in [0.1, 0.15) is 13.8 Å². The maximum absolute atomic E-state index is 4.44. The number of nitrogens with zero attached hydrogens (tertiary/aromatic N) is 5. The Labute approximate surface area is 107 Å². The predicted octanol–water partition coefficient (Wildman–Crippen LogP) is 1.12. The molecule has 0 aliphatic rings. The molecule has 0 saturated heterocycles. The zero-order valence-corrected chi connectivity index (χ0v) is 11.2. The Kier molecular flexibility index (Phi) is 4.09. The molecule has 6 nitrogen and oxygen atoms in total. The van der Waals surface area contributed by atoms with E-state index in [4.69, 9.17) is 0 Å². The van der Waals surface area contributed by atoms with E-state index in [1.165, 1.54) is 0 Å². The van der Waals surface area contributed by atoms with Crippen molar-refractivity contribution in [1.82, 2.24) is 24.4 Å². The van der Waals surface area contributed by atoms with E-state index < -0.39 is 0 Å². The lowest BCUT2D eigenvalue weighted by Crippen LogP contribution is -2.28. The number of hydrogen-bond donors (Lipinski definition) is 1. The molecule has 0 radical (unpaired) electrons. The maximum atomic E-state index is 4.44. The zero-order chi connectivity index (χ0) is 13.0. The summed E-state index contributed by atoms with van der Waals surface area (Å²) >= 11 is 0. The molecule has 2 heterocycles. The van der Waals surface area contributed by atoms with Crippen LogP contribution < -0.4 is 5.32 Å². The second kappa shape index (κ2) is 5.77. The van der Waals surface area contributed by atoms with Crippen LogP contribution in [0, 0.1) is 0 Å². The van der Waals surface area contributed by atoms with Gasteiger partial charge in [0.1, 0.15) is 5.52 Å². The average Bonchev–Trinajstić information content (AvgIpc) is 2.76. The molecule has 1 N–H and O–H groups in total. The van der Waals surface area contributed by atoms with Crippen LogP contribution in [0.2, 0.25) is 0 Å². The van der Waals surface area contributed by atoms with E-state index in [1.807, 2.05) is 11.6 Å². The minimum Gasteiger partial charge on any atom is -0.353 e. The summed E-state index contributed by atoms with van der Waals surface area (Å²) in [4.78, 5) is 15.2. The Balaban J connectivity index is 1.97. The van der Waals surface area contributed by atoms with Crippen molar-refractivity contribution in [2.45, 2.75) is 13.8 Å². The first-order valence-corrected chi connectivity index (χ1v) is 6.34. The highest BCUT2D eigenvalue weighted by atomic mass is 15.2. The molecule has 0 aliphatic carbocycles. The summed E-state index contributed by atoms with van der Waals surface area (Å²) in [5.41, 5.74) is 1.68. The van der Waals surface area contributed by atoms with Gasteiger partial charge in [-0.3, -0.25) is 0 Å². The van der Waals surface area contributed by atoms with E-state index in [0.29, 0.717) is 5.95 Å². The van der Waals surface area contributed by atoms with Crippen LogP contribution in [0.25, 0.3) is 11.2 Å². The first-order valence-electron chi connectivity index (χ1n) is 6.34. The molecule has 18 heavy (non-hydrogen) atoms. The number of anilines is 1. The Morgan fingerprint density at radius 3 is 2.78 bits per heavy atom. The van der Waals surface area contributed by atoms with E-state index in [9.17, 15) is 0 Å². The first kappa shape index (κ1) is 12.8.